The summed E-state index contributed by atoms with van der Waals surface area (Å²) in [6.07, 6.45) is 1.56. The van der Waals surface area contributed by atoms with Crippen LogP contribution in [0.25, 0.3) is 0 Å². The fourth-order valence-electron chi connectivity index (χ4n) is 3.18. The molecule has 3 rings (SSSR count). The zero-order valence-electron chi connectivity index (χ0n) is 17.5. The molecular formula is C24H24N2O5S. The number of hydrogen-bond donors (Lipinski definition) is 2. The van der Waals surface area contributed by atoms with Crippen LogP contribution < -0.4 is 10.0 Å². The van der Waals surface area contributed by atoms with Crippen molar-refractivity contribution in [3.63, 3.8) is 0 Å². The van der Waals surface area contributed by atoms with Crippen LogP contribution in [0.4, 0.5) is 5.69 Å². The van der Waals surface area contributed by atoms with Gasteiger partial charge in [-0.25, -0.2) is 13.2 Å². The smallest absolute Gasteiger partial charge is 0.340 e. The molecular weight excluding hydrogens is 428 g/mol. The van der Waals surface area contributed by atoms with Crippen LogP contribution in [0.2, 0.25) is 0 Å². The van der Waals surface area contributed by atoms with Gasteiger partial charge >= 0.3 is 5.97 Å². The Kier molecular flexibility index (Phi) is 7.62. The molecule has 8 heteroatoms. The summed E-state index contributed by atoms with van der Waals surface area (Å²) in [5.74, 6) is -1.26. The normalized spacial score (nSPS) is 11.9. The minimum atomic E-state index is -3.58. The Morgan fingerprint density at radius 3 is 2.12 bits per heavy atom. The van der Waals surface area contributed by atoms with Crippen LogP contribution in [-0.2, 0) is 26.0 Å². The number of nitrogens with one attached hydrogen (secondary N) is 2. The van der Waals surface area contributed by atoms with Crippen molar-refractivity contribution in [1.82, 2.24) is 5.32 Å². The van der Waals surface area contributed by atoms with E-state index in [9.17, 15) is 18.0 Å². The first-order valence-electron chi connectivity index (χ1n) is 9.94. The summed E-state index contributed by atoms with van der Waals surface area (Å²) in [5.41, 5.74) is 2.10. The maximum absolute atomic E-state index is 12.6. The van der Waals surface area contributed by atoms with Crippen molar-refractivity contribution in [1.29, 1.82) is 0 Å². The molecule has 166 valence electrons. The highest BCUT2D eigenvalue weighted by Gasteiger charge is 2.19. The number of ether oxygens (including phenoxy) is 1. The van der Waals surface area contributed by atoms with Crippen molar-refractivity contribution < 1.29 is 22.7 Å². The number of carbonyl (C=O) groups excluding carboxylic acids is 2. The average molecular weight is 453 g/mol. The number of sulfonamides is 1. The summed E-state index contributed by atoms with van der Waals surface area (Å²) in [4.78, 5) is 25.0. The maximum Gasteiger partial charge on any atom is 0.340 e. The van der Waals surface area contributed by atoms with E-state index in [4.69, 9.17) is 4.74 Å². The van der Waals surface area contributed by atoms with E-state index in [1.807, 2.05) is 60.7 Å². The SMILES string of the molecule is CS(=O)(=O)Nc1ccccc1C(=O)OCC(=O)NC(Cc1ccccc1)c1ccccc1. The summed E-state index contributed by atoms with van der Waals surface area (Å²) in [6.45, 7) is -0.496. The monoisotopic (exact) mass is 452 g/mol. The predicted octanol–water partition coefficient (Wildman–Crippen LogP) is 3.32. The Morgan fingerprint density at radius 1 is 0.875 bits per heavy atom. The van der Waals surface area contributed by atoms with E-state index < -0.39 is 28.5 Å². The topological polar surface area (TPSA) is 102 Å². The molecule has 0 saturated carbocycles. The number of para-hydroxylation sites is 1. The van der Waals surface area contributed by atoms with Gasteiger partial charge in [0.15, 0.2) is 6.61 Å². The fourth-order valence-corrected chi connectivity index (χ4v) is 3.76. The lowest BCUT2D eigenvalue weighted by molar-refractivity contribution is -0.125. The summed E-state index contributed by atoms with van der Waals surface area (Å²) < 4.78 is 30.5. The van der Waals surface area contributed by atoms with Gasteiger partial charge < -0.3 is 10.1 Å². The van der Waals surface area contributed by atoms with E-state index in [0.29, 0.717) is 6.42 Å². The van der Waals surface area contributed by atoms with E-state index in [1.54, 1.807) is 12.1 Å². The second-order valence-electron chi connectivity index (χ2n) is 7.22. The first-order valence-corrected chi connectivity index (χ1v) is 11.8. The second-order valence-corrected chi connectivity index (χ2v) is 8.96. The van der Waals surface area contributed by atoms with Gasteiger partial charge in [0, 0.05) is 0 Å². The number of esters is 1. The van der Waals surface area contributed by atoms with Gasteiger partial charge in [-0.15, -0.1) is 0 Å². The largest absolute Gasteiger partial charge is 0.452 e. The van der Waals surface area contributed by atoms with Crippen molar-refractivity contribution in [3.05, 3.63) is 102 Å². The van der Waals surface area contributed by atoms with Gasteiger partial charge in [-0.1, -0.05) is 72.8 Å². The molecule has 0 radical (unpaired) electrons. The van der Waals surface area contributed by atoms with Crippen LogP contribution >= 0.6 is 0 Å². The molecule has 0 bridgehead atoms. The third-order valence-corrected chi connectivity index (χ3v) is 5.19. The molecule has 3 aromatic carbocycles. The molecule has 0 saturated heterocycles. The molecule has 1 amide bonds. The van der Waals surface area contributed by atoms with Gasteiger partial charge in [0.2, 0.25) is 10.0 Å². The summed E-state index contributed by atoms with van der Waals surface area (Å²) in [5, 5.41) is 2.91. The predicted molar refractivity (Wildman–Crippen MR) is 123 cm³/mol. The van der Waals surface area contributed by atoms with E-state index in [2.05, 4.69) is 10.0 Å². The Morgan fingerprint density at radius 2 is 1.47 bits per heavy atom. The van der Waals surface area contributed by atoms with Gasteiger partial charge in [-0.3, -0.25) is 9.52 Å². The summed E-state index contributed by atoms with van der Waals surface area (Å²) in [6, 6.07) is 25.0. The molecule has 1 unspecified atom stereocenters. The molecule has 0 heterocycles. The van der Waals surface area contributed by atoms with Crippen molar-refractivity contribution in [2.24, 2.45) is 0 Å². The van der Waals surface area contributed by atoms with Crippen molar-refractivity contribution in [2.45, 2.75) is 12.5 Å². The van der Waals surface area contributed by atoms with Gasteiger partial charge in [0.25, 0.3) is 5.91 Å². The lowest BCUT2D eigenvalue weighted by Crippen LogP contribution is -2.33. The van der Waals surface area contributed by atoms with Crippen LogP contribution in [0, 0.1) is 0 Å². The Hall–Kier alpha value is -3.65. The van der Waals surface area contributed by atoms with Gasteiger partial charge in [-0.05, 0) is 29.7 Å². The summed E-state index contributed by atoms with van der Waals surface area (Å²) in [7, 11) is -3.58. The highest BCUT2D eigenvalue weighted by atomic mass is 32.2. The van der Waals surface area contributed by atoms with Crippen molar-refractivity contribution in [2.75, 3.05) is 17.6 Å². The van der Waals surface area contributed by atoms with Crippen LogP contribution in [-0.4, -0.2) is 33.2 Å². The minimum Gasteiger partial charge on any atom is -0.452 e. The molecule has 0 aliphatic heterocycles. The molecule has 1 atom stereocenters. The zero-order chi connectivity index (χ0) is 23.0. The number of carbonyl (C=O) groups is 2. The lowest BCUT2D eigenvalue weighted by Gasteiger charge is -2.19. The third-order valence-electron chi connectivity index (χ3n) is 4.60. The first kappa shape index (κ1) is 23.0. The number of benzene rings is 3. The van der Waals surface area contributed by atoms with Crippen LogP contribution in [0.3, 0.4) is 0 Å². The molecule has 0 fully saturated rings. The van der Waals surface area contributed by atoms with Crippen molar-refractivity contribution >= 4 is 27.6 Å². The number of hydrogen-bond acceptors (Lipinski definition) is 5. The summed E-state index contributed by atoms with van der Waals surface area (Å²) >= 11 is 0. The average Bonchev–Trinajstić information content (AvgIpc) is 2.77. The number of rotatable bonds is 9. The third kappa shape index (κ3) is 6.95. The fraction of sp³-hybridized carbons (Fsp3) is 0.167. The number of amides is 1. The lowest BCUT2D eigenvalue weighted by atomic mass is 9.99. The van der Waals surface area contributed by atoms with Gasteiger partial charge in [0.05, 0.1) is 23.5 Å². The van der Waals surface area contributed by atoms with Crippen LogP contribution in [0.15, 0.2) is 84.9 Å². The minimum absolute atomic E-state index is 0.0228. The molecule has 0 aliphatic carbocycles. The molecule has 0 aliphatic rings. The highest BCUT2D eigenvalue weighted by molar-refractivity contribution is 7.92. The van der Waals surface area contributed by atoms with Crippen LogP contribution in [0.5, 0.6) is 0 Å². The van der Waals surface area contributed by atoms with Crippen molar-refractivity contribution in [3.8, 4) is 0 Å². The maximum atomic E-state index is 12.6. The molecule has 0 spiro atoms. The standard InChI is InChI=1S/C24H24N2O5S/c1-32(29,30)26-21-15-9-8-14-20(21)24(28)31-17-23(27)25-22(19-12-6-3-7-13-19)16-18-10-4-2-5-11-18/h2-15,22,26H,16-17H2,1H3,(H,25,27). The quantitative estimate of drug-likeness (QED) is 0.485. The Balaban J connectivity index is 1.66. The van der Waals surface area contributed by atoms with Crippen LogP contribution in [0.1, 0.15) is 27.5 Å². The molecule has 3 aromatic rings. The molecule has 0 aromatic heterocycles. The highest BCUT2D eigenvalue weighted by Crippen LogP contribution is 2.19. The van der Waals surface area contributed by atoms with E-state index in [0.717, 1.165) is 17.4 Å². The molecule has 32 heavy (non-hydrogen) atoms. The molecule has 7 nitrogen and oxygen atoms in total. The van der Waals surface area contributed by atoms with Gasteiger partial charge in [0.1, 0.15) is 0 Å². The number of anilines is 1. The zero-order valence-corrected chi connectivity index (χ0v) is 18.3. The Labute approximate surface area is 187 Å². The van der Waals surface area contributed by atoms with E-state index in [-0.39, 0.29) is 17.3 Å². The first-order chi connectivity index (χ1) is 15.3. The molecule has 2 N–H and O–H groups in total. The van der Waals surface area contributed by atoms with E-state index in [1.165, 1.54) is 12.1 Å². The second kappa shape index (κ2) is 10.6. The Bertz CT molecular complexity index is 1170. The van der Waals surface area contributed by atoms with Gasteiger partial charge in [-0.2, -0.15) is 0 Å². The van der Waals surface area contributed by atoms with E-state index >= 15 is 0 Å².